The number of methoxy groups -OCH3 is 1. The van der Waals surface area contributed by atoms with E-state index >= 15 is 4.39 Å². The molecule has 2 amide bonds. The molecule has 3 unspecified atom stereocenters. The third-order valence-corrected chi connectivity index (χ3v) is 8.30. The Kier molecular flexibility index (Phi) is 7.46. The zero-order valence-corrected chi connectivity index (χ0v) is 24.1. The predicted molar refractivity (Wildman–Crippen MR) is 148 cm³/mol. The van der Waals surface area contributed by atoms with Gasteiger partial charge in [0.2, 0.25) is 0 Å². The Balaban J connectivity index is 1.54. The van der Waals surface area contributed by atoms with Crippen LogP contribution < -0.4 is 5.32 Å². The first-order valence-corrected chi connectivity index (χ1v) is 14.5. The van der Waals surface area contributed by atoms with Gasteiger partial charge in [-0.05, 0) is 46.3 Å². The quantitative estimate of drug-likeness (QED) is 0.305. The second kappa shape index (κ2) is 10.5. The summed E-state index contributed by atoms with van der Waals surface area (Å²) >= 11 is 7.34. The highest BCUT2D eigenvalue weighted by Gasteiger charge is 2.55. The van der Waals surface area contributed by atoms with Crippen LogP contribution in [0.15, 0.2) is 11.2 Å². The van der Waals surface area contributed by atoms with E-state index in [4.69, 9.17) is 21.1 Å². The van der Waals surface area contributed by atoms with Crippen LogP contribution in [-0.4, -0.2) is 82.1 Å². The first-order valence-electron chi connectivity index (χ1n) is 12.9. The molecule has 3 saturated heterocycles. The molecule has 3 aliphatic heterocycles. The number of nitrogens with one attached hydrogen (secondary N) is 1. The van der Waals surface area contributed by atoms with E-state index in [0.29, 0.717) is 34.8 Å². The van der Waals surface area contributed by atoms with Crippen LogP contribution in [-0.2, 0) is 9.47 Å². The first kappa shape index (κ1) is 27.6. The summed E-state index contributed by atoms with van der Waals surface area (Å²) in [5, 5.41) is 4.30. The van der Waals surface area contributed by atoms with Gasteiger partial charge >= 0.3 is 12.2 Å². The summed E-state index contributed by atoms with van der Waals surface area (Å²) < 4.78 is 25.6. The Hall–Kier alpha value is -2.97. The molecule has 4 aliphatic rings. The largest absolute Gasteiger partial charge is 0.453 e. The van der Waals surface area contributed by atoms with E-state index in [-0.39, 0.29) is 40.8 Å². The van der Waals surface area contributed by atoms with Crippen molar-refractivity contribution in [1.82, 2.24) is 19.8 Å². The molecule has 2 aromatic heterocycles. The fourth-order valence-corrected chi connectivity index (χ4v) is 6.18. The van der Waals surface area contributed by atoms with Crippen molar-refractivity contribution >= 4 is 52.1 Å². The lowest BCUT2D eigenvalue weighted by Gasteiger charge is -2.38. The lowest BCUT2D eigenvalue weighted by molar-refractivity contribution is 0.0239. The van der Waals surface area contributed by atoms with Crippen LogP contribution in [0, 0.1) is 23.6 Å². The number of hydrogen-bond acceptors (Lipinski definition) is 8. The molecule has 4 atom stereocenters. The van der Waals surface area contributed by atoms with Crippen LogP contribution in [0.2, 0.25) is 5.15 Å². The van der Waals surface area contributed by atoms with Gasteiger partial charge in [0.25, 0.3) is 0 Å². The van der Waals surface area contributed by atoms with Crippen molar-refractivity contribution in [2.75, 3.05) is 31.8 Å². The van der Waals surface area contributed by atoms with Crippen LogP contribution in [0.3, 0.4) is 0 Å². The number of nitrogens with zero attached hydrogens (tertiary/aromatic N) is 4. The summed E-state index contributed by atoms with van der Waals surface area (Å²) in [6.45, 7) is 6.68. The number of likely N-dealkylation sites (tertiary alicyclic amines) is 1. The molecule has 0 radical (unpaired) electrons. The van der Waals surface area contributed by atoms with Crippen molar-refractivity contribution in [1.29, 1.82) is 0 Å². The van der Waals surface area contributed by atoms with Crippen molar-refractivity contribution in [3.05, 3.63) is 22.7 Å². The standard InChI is InChI=1S/C27H31ClFN5O4S/c1-27(2,3)38-26(36)34-13-14-11-18(34)20(14)31-21-16(9-8-15-7-6-10-33(15)25(35)37-4)24(39-5)32-22-17(21)12-30-23(28)19(22)29/h12,14-15,18,20H,6-7,10-11,13H2,1-5H3,(H,31,32)/t14?,15-,18?,20?/m1/s1. The van der Waals surface area contributed by atoms with Crippen LogP contribution in [0.4, 0.5) is 19.7 Å². The molecule has 2 aromatic rings. The number of anilines is 1. The molecule has 0 aromatic carbocycles. The Labute approximate surface area is 236 Å². The first-order chi connectivity index (χ1) is 18.5. The Morgan fingerprint density at radius 3 is 2.74 bits per heavy atom. The topological polar surface area (TPSA) is 96.9 Å². The normalized spacial score (nSPS) is 23.8. The minimum Gasteiger partial charge on any atom is -0.453 e. The number of hydrogen-bond donors (Lipinski definition) is 1. The van der Waals surface area contributed by atoms with E-state index in [1.54, 1.807) is 9.80 Å². The Bertz CT molecular complexity index is 1390. The predicted octanol–water partition coefficient (Wildman–Crippen LogP) is 5.15. The second-order valence-electron chi connectivity index (χ2n) is 11.0. The molecular formula is C27H31ClFN5O4S. The molecule has 5 heterocycles. The van der Waals surface area contributed by atoms with Crippen molar-refractivity contribution in [3.8, 4) is 11.8 Å². The highest BCUT2D eigenvalue weighted by molar-refractivity contribution is 7.98. The highest BCUT2D eigenvalue weighted by atomic mass is 35.5. The third-order valence-electron chi connectivity index (χ3n) is 7.35. The number of pyridine rings is 2. The maximum Gasteiger partial charge on any atom is 0.410 e. The van der Waals surface area contributed by atoms with Gasteiger partial charge in [0, 0.05) is 30.6 Å². The molecule has 1 saturated carbocycles. The zero-order chi connectivity index (χ0) is 28.1. The SMILES string of the molecule is COC(=O)N1CCC[C@@H]1C#Cc1c(SC)nc2c(F)c(Cl)ncc2c1NC1C2CC1N(C(=O)OC(C)(C)C)C2. The van der Waals surface area contributed by atoms with Gasteiger partial charge in [0.1, 0.15) is 16.1 Å². The van der Waals surface area contributed by atoms with E-state index in [1.807, 2.05) is 27.0 Å². The lowest BCUT2D eigenvalue weighted by atomic mass is 9.79. The fourth-order valence-electron chi connectivity index (χ4n) is 5.50. The van der Waals surface area contributed by atoms with E-state index in [2.05, 4.69) is 27.1 Å². The average Bonchev–Trinajstić information content (AvgIpc) is 3.62. The monoisotopic (exact) mass is 575 g/mol. The molecule has 9 nitrogen and oxygen atoms in total. The molecule has 2 bridgehead atoms. The number of carbonyl (C=O) groups excluding carboxylic acids is 2. The number of halogens is 2. The van der Waals surface area contributed by atoms with Crippen LogP contribution in [0.5, 0.6) is 0 Å². The Morgan fingerprint density at radius 1 is 1.28 bits per heavy atom. The summed E-state index contributed by atoms with van der Waals surface area (Å²) in [5.41, 5.74) is 0.684. The second-order valence-corrected chi connectivity index (χ2v) is 12.1. The highest BCUT2D eigenvalue weighted by Crippen LogP contribution is 2.45. The summed E-state index contributed by atoms with van der Waals surface area (Å²) in [4.78, 5) is 37.0. The van der Waals surface area contributed by atoms with Gasteiger partial charge in [-0.15, -0.1) is 11.8 Å². The third kappa shape index (κ3) is 5.16. The molecule has 4 fully saturated rings. The fraction of sp³-hybridized carbons (Fsp3) is 0.556. The number of ether oxygens (including phenoxy) is 2. The van der Waals surface area contributed by atoms with Crippen molar-refractivity contribution in [2.45, 2.75) is 68.8 Å². The molecule has 6 rings (SSSR count). The minimum absolute atomic E-state index is 0.0682. The van der Waals surface area contributed by atoms with Crippen LogP contribution >= 0.6 is 23.4 Å². The Morgan fingerprint density at radius 2 is 2.05 bits per heavy atom. The lowest BCUT2D eigenvalue weighted by Crippen LogP contribution is -2.50. The van der Waals surface area contributed by atoms with Crippen molar-refractivity contribution in [2.24, 2.45) is 5.92 Å². The van der Waals surface area contributed by atoms with Gasteiger partial charge in [-0.25, -0.2) is 23.9 Å². The van der Waals surface area contributed by atoms with Crippen LogP contribution in [0.1, 0.15) is 45.6 Å². The molecule has 0 spiro atoms. The van der Waals surface area contributed by atoms with Gasteiger partial charge in [-0.3, -0.25) is 4.90 Å². The average molecular weight is 576 g/mol. The number of fused-ring (bicyclic) bond motifs is 2. The van der Waals surface area contributed by atoms with E-state index in [0.717, 1.165) is 19.3 Å². The number of thioether (sulfide) groups is 1. The summed E-state index contributed by atoms with van der Waals surface area (Å²) in [7, 11) is 1.35. The number of aromatic nitrogens is 2. The molecule has 1 N–H and O–H groups in total. The summed E-state index contributed by atoms with van der Waals surface area (Å²) in [6.07, 6.45) is 4.98. The summed E-state index contributed by atoms with van der Waals surface area (Å²) in [5.74, 6) is 5.98. The van der Waals surface area contributed by atoms with E-state index in [1.165, 1.54) is 25.1 Å². The molecule has 1 aliphatic carbocycles. The van der Waals surface area contributed by atoms with Gasteiger partial charge in [-0.2, -0.15) is 0 Å². The van der Waals surface area contributed by atoms with Gasteiger partial charge in [0.15, 0.2) is 11.0 Å². The van der Waals surface area contributed by atoms with Gasteiger partial charge in [0.05, 0.1) is 36.5 Å². The van der Waals surface area contributed by atoms with Crippen molar-refractivity contribution in [3.63, 3.8) is 0 Å². The van der Waals surface area contributed by atoms with Gasteiger partial charge < -0.3 is 19.7 Å². The molecule has 39 heavy (non-hydrogen) atoms. The molecule has 12 heteroatoms. The smallest absolute Gasteiger partial charge is 0.410 e. The van der Waals surface area contributed by atoms with Crippen LogP contribution in [0.25, 0.3) is 10.9 Å². The van der Waals surface area contributed by atoms with E-state index < -0.39 is 17.5 Å². The molecular weight excluding hydrogens is 545 g/mol. The van der Waals surface area contributed by atoms with Gasteiger partial charge in [-0.1, -0.05) is 23.4 Å². The van der Waals surface area contributed by atoms with Crippen molar-refractivity contribution < 1.29 is 23.5 Å². The zero-order valence-electron chi connectivity index (χ0n) is 22.5. The number of amides is 2. The number of rotatable bonds is 3. The molecule has 208 valence electrons. The maximum absolute atomic E-state index is 15.1. The summed E-state index contributed by atoms with van der Waals surface area (Å²) in [6, 6.07) is -0.449. The minimum atomic E-state index is -0.702. The number of carbonyl (C=O) groups is 2. The van der Waals surface area contributed by atoms with E-state index in [9.17, 15) is 9.59 Å². The maximum atomic E-state index is 15.1.